The number of thiophene rings is 1. The maximum Gasteiger partial charge on any atom is 0.407 e. The normalized spacial score (nSPS) is 10.7. The van der Waals surface area contributed by atoms with E-state index < -0.39 is 6.09 Å². The van der Waals surface area contributed by atoms with Crippen LogP contribution in [0.2, 0.25) is 0 Å². The van der Waals surface area contributed by atoms with Gasteiger partial charge in [-0.25, -0.2) is 14.3 Å². The van der Waals surface area contributed by atoms with Crippen LogP contribution in [-0.4, -0.2) is 45.5 Å². The number of rotatable bonds is 9. The van der Waals surface area contributed by atoms with E-state index in [1.165, 1.54) is 17.5 Å². The molecule has 9 nitrogen and oxygen atoms in total. The molecule has 0 saturated carbocycles. The van der Waals surface area contributed by atoms with Crippen LogP contribution in [-0.2, 0) is 9.53 Å². The smallest absolute Gasteiger partial charge is 0.407 e. The number of ether oxygens (including phenoxy) is 1. The zero-order valence-corrected chi connectivity index (χ0v) is 19.3. The van der Waals surface area contributed by atoms with Crippen molar-refractivity contribution in [1.82, 2.24) is 19.9 Å². The van der Waals surface area contributed by atoms with E-state index in [4.69, 9.17) is 4.74 Å². The fourth-order valence-corrected chi connectivity index (χ4v) is 3.96. The fourth-order valence-electron chi connectivity index (χ4n) is 3.28. The summed E-state index contributed by atoms with van der Waals surface area (Å²) in [6.07, 6.45) is 4.21. The quantitative estimate of drug-likeness (QED) is 0.276. The molecule has 0 aliphatic rings. The van der Waals surface area contributed by atoms with Gasteiger partial charge in [0.05, 0.1) is 28.9 Å². The number of benzene rings is 1. The Hall–Kier alpha value is -4.05. The second kappa shape index (κ2) is 10.7. The minimum absolute atomic E-state index is 0.128. The van der Waals surface area contributed by atoms with Crippen LogP contribution in [0, 0.1) is 0 Å². The molecule has 0 bridgehead atoms. The molecule has 0 saturated heterocycles. The van der Waals surface area contributed by atoms with E-state index in [-0.39, 0.29) is 18.2 Å². The second-order valence-corrected chi connectivity index (χ2v) is 8.35. The lowest BCUT2D eigenvalue weighted by molar-refractivity contribution is -0.115. The van der Waals surface area contributed by atoms with E-state index in [2.05, 4.69) is 20.7 Å². The first-order valence-electron chi connectivity index (χ1n) is 10.8. The van der Waals surface area contributed by atoms with Gasteiger partial charge in [0.1, 0.15) is 6.54 Å². The van der Waals surface area contributed by atoms with Crippen LogP contribution in [0.3, 0.4) is 0 Å². The number of alkyl carbamates (subject to hydrolysis) is 1. The van der Waals surface area contributed by atoms with Crippen molar-refractivity contribution in [3.8, 4) is 11.3 Å². The second-order valence-electron chi connectivity index (χ2n) is 7.40. The van der Waals surface area contributed by atoms with Gasteiger partial charge in [0.2, 0.25) is 11.7 Å². The van der Waals surface area contributed by atoms with E-state index in [1.54, 1.807) is 41.0 Å². The number of aromatic nitrogens is 3. The summed E-state index contributed by atoms with van der Waals surface area (Å²) in [5.74, 6) is -0.510. The Balaban J connectivity index is 1.48. The van der Waals surface area contributed by atoms with Gasteiger partial charge in [-0.2, -0.15) is 5.10 Å². The number of carbonyl (C=O) groups is 3. The Morgan fingerprint density at radius 2 is 2.03 bits per heavy atom. The number of fused-ring (bicyclic) bond motifs is 1. The summed E-state index contributed by atoms with van der Waals surface area (Å²) in [5.41, 5.74) is 2.91. The lowest BCUT2D eigenvalue weighted by atomic mass is 10.1. The number of hydrogen-bond acceptors (Lipinski definition) is 7. The molecule has 0 fully saturated rings. The van der Waals surface area contributed by atoms with Crippen molar-refractivity contribution >= 4 is 40.5 Å². The largest absolute Gasteiger partial charge is 0.450 e. The highest BCUT2D eigenvalue weighted by molar-refractivity contribution is 7.12. The molecule has 3 aromatic heterocycles. The van der Waals surface area contributed by atoms with Crippen LogP contribution in [0.4, 0.5) is 10.5 Å². The van der Waals surface area contributed by atoms with Crippen LogP contribution < -0.4 is 10.6 Å². The zero-order valence-electron chi connectivity index (χ0n) is 18.5. The molecule has 0 aliphatic carbocycles. The van der Waals surface area contributed by atoms with Crippen LogP contribution in [0.5, 0.6) is 0 Å². The molecule has 174 valence electrons. The van der Waals surface area contributed by atoms with Gasteiger partial charge in [0.15, 0.2) is 5.65 Å². The number of unbranched alkanes of at least 4 members (excludes halogenated alkanes) is 1. The van der Waals surface area contributed by atoms with Crippen LogP contribution in [0.1, 0.15) is 35.0 Å². The van der Waals surface area contributed by atoms with Crippen molar-refractivity contribution in [3.05, 3.63) is 70.7 Å². The Morgan fingerprint density at radius 3 is 2.82 bits per heavy atom. The lowest BCUT2D eigenvalue weighted by Crippen LogP contribution is -2.33. The summed E-state index contributed by atoms with van der Waals surface area (Å²) in [5, 5.41) is 11.4. The van der Waals surface area contributed by atoms with Crippen molar-refractivity contribution in [2.24, 2.45) is 0 Å². The molecule has 1 aromatic carbocycles. The molecule has 0 aliphatic heterocycles. The summed E-state index contributed by atoms with van der Waals surface area (Å²) in [4.78, 5) is 41.7. The monoisotopic (exact) mass is 477 g/mol. The summed E-state index contributed by atoms with van der Waals surface area (Å²) < 4.78 is 6.58. The van der Waals surface area contributed by atoms with Gasteiger partial charge in [-0.1, -0.05) is 31.5 Å². The number of ketones is 1. The van der Waals surface area contributed by atoms with Gasteiger partial charge < -0.3 is 15.4 Å². The van der Waals surface area contributed by atoms with E-state index in [0.29, 0.717) is 34.1 Å². The summed E-state index contributed by atoms with van der Waals surface area (Å²) >= 11 is 1.37. The third-order valence-corrected chi connectivity index (χ3v) is 5.83. The van der Waals surface area contributed by atoms with Gasteiger partial charge in [-0.05, 0) is 36.1 Å². The Morgan fingerprint density at radius 1 is 1.15 bits per heavy atom. The Bertz CT molecular complexity index is 1320. The maximum atomic E-state index is 12.8. The van der Waals surface area contributed by atoms with Gasteiger partial charge in [0, 0.05) is 17.4 Å². The summed E-state index contributed by atoms with van der Waals surface area (Å²) in [7, 11) is 0. The highest BCUT2D eigenvalue weighted by Gasteiger charge is 2.18. The average molecular weight is 478 g/mol. The molecule has 0 atom stereocenters. The minimum atomic E-state index is -0.622. The molecule has 0 spiro atoms. The van der Waals surface area contributed by atoms with Crippen molar-refractivity contribution in [1.29, 1.82) is 0 Å². The standard InChI is InChI=1S/C24H23N5O4S/c1-2-3-11-33-24(32)26-15-21(30)28-17-7-4-6-16(13-17)19-9-10-25-23-18(14-27-29(19)23)22(31)20-8-5-12-34-20/h4-10,12-14H,2-3,11,15H2,1H3,(H,26,32)(H,28,30). The molecule has 2 amide bonds. The molecule has 34 heavy (non-hydrogen) atoms. The van der Waals surface area contributed by atoms with Gasteiger partial charge in [-0.15, -0.1) is 11.3 Å². The zero-order chi connectivity index (χ0) is 23.9. The molecule has 0 unspecified atom stereocenters. The molecular formula is C24H23N5O4S. The highest BCUT2D eigenvalue weighted by Crippen LogP contribution is 2.25. The van der Waals surface area contributed by atoms with E-state index in [1.807, 2.05) is 24.4 Å². The number of anilines is 1. The molecule has 0 radical (unpaired) electrons. The summed E-state index contributed by atoms with van der Waals surface area (Å²) in [6, 6.07) is 12.6. The highest BCUT2D eigenvalue weighted by atomic mass is 32.1. The molecule has 2 N–H and O–H groups in total. The maximum absolute atomic E-state index is 12.8. The predicted molar refractivity (Wildman–Crippen MR) is 129 cm³/mol. The van der Waals surface area contributed by atoms with E-state index >= 15 is 0 Å². The minimum Gasteiger partial charge on any atom is -0.450 e. The number of carbonyl (C=O) groups excluding carboxylic acids is 3. The first-order valence-corrected chi connectivity index (χ1v) is 11.7. The molecule has 4 aromatic rings. The lowest BCUT2D eigenvalue weighted by Gasteiger charge is -2.10. The number of nitrogens with one attached hydrogen (secondary N) is 2. The molecule has 4 rings (SSSR count). The van der Waals surface area contributed by atoms with Gasteiger partial charge in [-0.3, -0.25) is 9.59 Å². The van der Waals surface area contributed by atoms with E-state index in [9.17, 15) is 14.4 Å². The van der Waals surface area contributed by atoms with Crippen molar-refractivity contribution in [2.45, 2.75) is 19.8 Å². The van der Waals surface area contributed by atoms with E-state index in [0.717, 1.165) is 18.4 Å². The third kappa shape index (κ3) is 5.29. The SMILES string of the molecule is CCCCOC(=O)NCC(=O)Nc1cccc(-c2ccnc3c(C(=O)c4cccs4)cnn23)c1. The third-order valence-electron chi connectivity index (χ3n) is 4.96. The van der Waals surface area contributed by atoms with Crippen LogP contribution >= 0.6 is 11.3 Å². The average Bonchev–Trinajstić information content (AvgIpc) is 3.53. The van der Waals surface area contributed by atoms with Crippen LogP contribution in [0.15, 0.2) is 60.2 Å². The number of nitrogens with zero attached hydrogens (tertiary/aromatic N) is 3. The first kappa shape index (κ1) is 23.1. The van der Waals surface area contributed by atoms with Gasteiger partial charge >= 0.3 is 6.09 Å². The molecule has 10 heteroatoms. The predicted octanol–water partition coefficient (Wildman–Crippen LogP) is 4.15. The van der Waals surface area contributed by atoms with Gasteiger partial charge in [0.25, 0.3) is 0 Å². The van der Waals surface area contributed by atoms with Crippen molar-refractivity contribution < 1.29 is 19.1 Å². The number of amides is 2. The van der Waals surface area contributed by atoms with Crippen molar-refractivity contribution in [3.63, 3.8) is 0 Å². The van der Waals surface area contributed by atoms with Crippen molar-refractivity contribution in [2.75, 3.05) is 18.5 Å². The number of hydrogen-bond donors (Lipinski definition) is 2. The summed E-state index contributed by atoms with van der Waals surface area (Å²) in [6.45, 7) is 2.11. The molecular weight excluding hydrogens is 454 g/mol. The van der Waals surface area contributed by atoms with Crippen LogP contribution in [0.25, 0.3) is 16.9 Å². The fraction of sp³-hybridized carbons (Fsp3) is 0.208. The Kier molecular flexibility index (Phi) is 7.28. The molecule has 3 heterocycles. The topological polar surface area (TPSA) is 115 Å². The first-order chi connectivity index (χ1) is 16.6. The Labute approximate surface area is 199 Å².